The average Bonchev–Trinajstić information content (AvgIpc) is 2.38. The van der Waals surface area contributed by atoms with Crippen molar-refractivity contribution >= 4 is 5.84 Å². The molecule has 17 heavy (non-hydrogen) atoms. The molecule has 0 aromatic carbocycles. The molecule has 0 fully saturated rings. The van der Waals surface area contributed by atoms with Crippen LogP contribution >= 0.6 is 0 Å². The molecule has 1 heterocycles. The Morgan fingerprint density at radius 1 is 1.65 bits per heavy atom. The average molecular weight is 234 g/mol. The van der Waals surface area contributed by atoms with Gasteiger partial charge in [-0.05, 0) is 37.6 Å². The molecule has 0 amide bonds. The molecule has 0 atom stereocenters. The van der Waals surface area contributed by atoms with Crippen LogP contribution in [0.3, 0.4) is 0 Å². The maximum Gasteiger partial charge on any atom is 0.188 e. The topological polar surface area (TPSA) is 83.5 Å². The van der Waals surface area contributed by atoms with E-state index in [4.69, 9.17) is 10.9 Å². The Balaban J connectivity index is 2.49. The first kappa shape index (κ1) is 13.2. The van der Waals surface area contributed by atoms with Crippen molar-refractivity contribution in [1.29, 1.82) is 0 Å². The molecule has 1 aromatic rings. The minimum Gasteiger partial charge on any atom is -0.409 e. The number of hydrogen-bond acceptors (Lipinski definition) is 4. The minimum atomic E-state index is 0.0285. The highest BCUT2D eigenvalue weighted by Crippen LogP contribution is 2.01. The maximum absolute atomic E-state index is 8.55. The van der Waals surface area contributed by atoms with Gasteiger partial charge in [-0.15, -0.1) is 0 Å². The van der Waals surface area contributed by atoms with Crippen LogP contribution in [0.1, 0.15) is 24.6 Å². The van der Waals surface area contributed by atoms with Crippen molar-refractivity contribution in [2.45, 2.75) is 19.9 Å². The number of pyridine rings is 1. The van der Waals surface area contributed by atoms with Gasteiger partial charge < -0.3 is 16.3 Å². The summed E-state index contributed by atoms with van der Waals surface area (Å²) in [4.78, 5) is 4.01. The van der Waals surface area contributed by atoms with Gasteiger partial charge in [-0.2, -0.15) is 0 Å². The lowest BCUT2D eigenvalue weighted by Gasteiger charge is -2.04. The van der Waals surface area contributed by atoms with E-state index in [1.807, 2.05) is 19.1 Å². The summed E-state index contributed by atoms with van der Waals surface area (Å²) in [5.74, 6) is 0.0285. The van der Waals surface area contributed by atoms with E-state index >= 15 is 0 Å². The van der Waals surface area contributed by atoms with Gasteiger partial charge in [0.2, 0.25) is 0 Å². The van der Waals surface area contributed by atoms with E-state index in [0.717, 1.165) is 25.1 Å². The zero-order valence-corrected chi connectivity index (χ0v) is 9.93. The monoisotopic (exact) mass is 234 g/mol. The van der Waals surface area contributed by atoms with Crippen LogP contribution in [-0.4, -0.2) is 22.6 Å². The number of nitrogens with zero attached hydrogens (tertiary/aromatic N) is 2. The van der Waals surface area contributed by atoms with Crippen LogP contribution in [-0.2, 0) is 6.54 Å². The molecule has 1 aromatic heterocycles. The Morgan fingerprint density at radius 2 is 2.47 bits per heavy atom. The van der Waals surface area contributed by atoms with Gasteiger partial charge in [0, 0.05) is 12.7 Å². The molecule has 0 bridgehead atoms. The molecule has 0 aliphatic carbocycles. The Labute approximate surface area is 101 Å². The van der Waals surface area contributed by atoms with E-state index in [1.54, 1.807) is 12.3 Å². The lowest BCUT2D eigenvalue weighted by atomic mass is 10.2. The number of rotatable bonds is 6. The van der Waals surface area contributed by atoms with Crippen molar-refractivity contribution in [3.63, 3.8) is 0 Å². The van der Waals surface area contributed by atoms with Crippen LogP contribution in [0.25, 0.3) is 0 Å². The number of aromatic nitrogens is 1. The zero-order valence-electron chi connectivity index (χ0n) is 9.93. The summed E-state index contributed by atoms with van der Waals surface area (Å²) >= 11 is 0. The molecule has 5 heteroatoms. The van der Waals surface area contributed by atoms with Gasteiger partial charge in [0.15, 0.2) is 5.84 Å². The zero-order chi connectivity index (χ0) is 12.5. The van der Waals surface area contributed by atoms with Crippen molar-refractivity contribution in [1.82, 2.24) is 10.3 Å². The van der Waals surface area contributed by atoms with Crippen LogP contribution in [0.2, 0.25) is 0 Å². The first-order valence-corrected chi connectivity index (χ1v) is 5.52. The van der Waals surface area contributed by atoms with E-state index in [2.05, 4.69) is 21.5 Å². The predicted molar refractivity (Wildman–Crippen MR) is 67.9 cm³/mol. The molecule has 0 aliphatic rings. The molecule has 1 rings (SSSR count). The Hall–Kier alpha value is -1.88. The molecule has 92 valence electrons. The molecule has 0 aliphatic heterocycles. The molecule has 0 saturated carbocycles. The van der Waals surface area contributed by atoms with Gasteiger partial charge in [0.1, 0.15) is 5.69 Å². The van der Waals surface area contributed by atoms with Gasteiger partial charge in [-0.3, -0.25) is 4.98 Å². The Kier molecular flexibility index (Phi) is 5.74. The molecule has 0 unspecified atom stereocenters. The number of nitrogens with one attached hydrogen (secondary N) is 1. The largest absolute Gasteiger partial charge is 0.409 e. The number of allylic oxidation sites excluding steroid dienone is 1. The number of oxime groups is 1. The van der Waals surface area contributed by atoms with Gasteiger partial charge in [0.25, 0.3) is 0 Å². The van der Waals surface area contributed by atoms with Crippen LogP contribution in [0, 0.1) is 0 Å². The second kappa shape index (κ2) is 7.40. The third-order valence-corrected chi connectivity index (χ3v) is 2.25. The lowest BCUT2D eigenvalue weighted by Crippen LogP contribution is -2.17. The third-order valence-electron chi connectivity index (χ3n) is 2.25. The van der Waals surface area contributed by atoms with Crippen LogP contribution in [0.4, 0.5) is 0 Å². The summed E-state index contributed by atoms with van der Waals surface area (Å²) in [6.45, 7) is 3.67. The standard InChI is InChI=1S/C12H18N4O/c1-2-3-4-6-14-9-10-5-7-15-11(8-10)12(13)16-17/h2-3,5,7-8,14,17H,4,6,9H2,1H3,(H2,13,16)/b3-2+. The normalized spacial score (nSPS) is 12.2. The molecule has 0 radical (unpaired) electrons. The first-order chi connectivity index (χ1) is 8.27. The highest BCUT2D eigenvalue weighted by Gasteiger charge is 2.01. The number of nitrogens with two attached hydrogens (primary N) is 1. The summed E-state index contributed by atoms with van der Waals surface area (Å²) in [5, 5.41) is 14.8. The van der Waals surface area contributed by atoms with Crippen molar-refractivity contribution in [2.24, 2.45) is 10.9 Å². The summed E-state index contributed by atoms with van der Waals surface area (Å²) in [5.41, 5.74) is 7.01. The third kappa shape index (κ3) is 4.65. The van der Waals surface area contributed by atoms with Gasteiger partial charge in [-0.25, -0.2) is 0 Å². The fraction of sp³-hybridized carbons (Fsp3) is 0.333. The lowest BCUT2D eigenvalue weighted by molar-refractivity contribution is 0.318. The second-order valence-corrected chi connectivity index (χ2v) is 3.57. The molecular weight excluding hydrogens is 216 g/mol. The summed E-state index contributed by atoms with van der Waals surface area (Å²) < 4.78 is 0. The fourth-order valence-corrected chi connectivity index (χ4v) is 1.36. The van der Waals surface area contributed by atoms with Gasteiger partial charge in [0.05, 0.1) is 0 Å². The van der Waals surface area contributed by atoms with E-state index in [9.17, 15) is 0 Å². The highest BCUT2D eigenvalue weighted by molar-refractivity contribution is 5.95. The minimum absolute atomic E-state index is 0.0285. The summed E-state index contributed by atoms with van der Waals surface area (Å²) in [6.07, 6.45) is 6.80. The SMILES string of the molecule is C/C=C/CCNCc1ccnc(/C(N)=N/O)c1. The summed E-state index contributed by atoms with van der Waals surface area (Å²) in [7, 11) is 0. The molecule has 4 N–H and O–H groups in total. The number of hydrogen-bond donors (Lipinski definition) is 3. The van der Waals surface area contributed by atoms with Crippen molar-refractivity contribution in [3.05, 3.63) is 41.7 Å². The number of amidine groups is 1. The van der Waals surface area contributed by atoms with E-state index in [0.29, 0.717) is 5.69 Å². The smallest absolute Gasteiger partial charge is 0.188 e. The Bertz CT molecular complexity index is 401. The van der Waals surface area contributed by atoms with Gasteiger partial charge in [-0.1, -0.05) is 17.3 Å². The van der Waals surface area contributed by atoms with E-state index in [-0.39, 0.29) is 5.84 Å². The Morgan fingerprint density at radius 3 is 3.18 bits per heavy atom. The summed E-state index contributed by atoms with van der Waals surface area (Å²) in [6, 6.07) is 3.70. The molecule has 5 nitrogen and oxygen atoms in total. The molecular formula is C12H18N4O. The maximum atomic E-state index is 8.55. The van der Waals surface area contributed by atoms with Crippen LogP contribution < -0.4 is 11.1 Å². The quantitative estimate of drug-likeness (QED) is 0.173. The molecule has 0 saturated heterocycles. The van der Waals surface area contributed by atoms with Gasteiger partial charge >= 0.3 is 0 Å². The van der Waals surface area contributed by atoms with Crippen molar-refractivity contribution in [3.8, 4) is 0 Å². The fourth-order valence-electron chi connectivity index (χ4n) is 1.36. The van der Waals surface area contributed by atoms with E-state index < -0.39 is 0 Å². The molecule has 0 spiro atoms. The highest BCUT2D eigenvalue weighted by atomic mass is 16.4. The van der Waals surface area contributed by atoms with E-state index in [1.165, 1.54) is 0 Å². The second-order valence-electron chi connectivity index (χ2n) is 3.57. The predicted octanol–water partition coefficient (Wildman–Crippen LogP) is 1.23. The van der Waals surface area contributed by atoms with Crippen molar-refractivity contribution < 1.29 is 5.21 Å². The first-order valence-electron chi connectivity index (χ1n) is 5.52. The van der Waals surface area contributed by atoms with Crippen LogP contribution in [0.5, 0.6) is 0 Å². The van der Waals surface area contributed by atoms with Crippen LogP contribution in [0.15, 0.2) is 35.6 Å². The van der Waals surface area contributed by atoms with Crippen molar-refractivity contribution in [2.75, 3.05) is 6.54 Å².